The van der Waals surface area contributed by atoms with Crippen molar-refractivity contribution in [3.05, 3.63) is 101 Å². The van der Waals surface area contributed by atoms with Gasteiger partial charge in [0.15, 0.2) is 11.6 Å². The number of nitrogens with zero attached hydrogens (tertiary/aromatic N) is 1. The summed E-state index contributed by atoms with van der Waals surface area (Å²) in [6.45, 7) is 4.58. The van der Waals surface area contributed by atoms with Gasteiger partial charge in [-0.1, -0.05) is 87.0 Å². The first-order chi connectivity index (χ1) is 24.6. The fraction of sp³-hybridized carbons (Fsp3) is 0.385. The highest BCUT2D eigenvalue weighted by molar-refractivity contribution is 6.30. The van der Waals surface area contributed by atoms with Gasteiger partial charge in [-0.05, 0) is 36.8 Å². The van der Waals surface area contributed by atoms with E-state index in [2.05, 4.69) is 21.3 Å². The molecule has 0 spiro atoms. The summed E-state index contributed by atoms with van der Waals surface area (Å²) in [5, 5.41) is 11.5. The second-order valence-electron chi connectivity index (χ2n) is 13.1. The van der Waals surface area contributed by atoms with E-state index in [1.807, 2.05) is 44.2 Å². The molecule has 5 rings (SSSR count). The molecule has 12 heteroatoms. The molecule has 3 aromatic carbocycles. The van der Waals surface area contributed by atoms with Crippen molar-refractivity contribution in [2.24, 2.45) is 11.7 Å². The Hall–Kier alpha value is -5.36. The van der Waals surface area contributed by atoms with Gasteiger partial charge in [0.25, 0.3) is 0 Å². The number of benzene rings is 3. The molecule has 51 heavy (non-hydrogen) atoms. The van der Waals surface area contributed by atoms with Gasteiger partial charge in [0, 0.05) is 48.4 Å². The summed E-state index contributed by atoms with van der Waals surface area (Å²) in [5.74, 6) is -2.08. The van der Waals surface area contributed by atoms with E-state index in [1.54, 1.807) is 42.5 Å². The van der Waals surface area contributed by atoms with E-state index in [9.17, 15) is 28.8 Å². The molecule has 1 aliphatic carbocycles. The Kier molecular flexibility index (Phi) is 12.3. The van der Waals surface area contributed by atoms with E-state index in [-0.39, 0.29) is 42.3 Å². The Balaban J connectivity index is 1.16. The Morgan fingerprint density at radius 3 is 2.27 bits per heavy atom. The molecule has 0 aromatic heterocycles. The van der Waals surface area contributed by atoms with Crippen molar-refractivity contribution >= 4 is 40.9 Å². The van der Waals surface area contributed by atoms with Crippen LogP contribution in [0.4, 0.5) is 5.69 Å². The van der Waals surface area contributed by atoms with E-state index in [1.165, 1.54) is 4.90 Å². The molecule has 0 radical (unpaired) electrons. The molecule has 4 atom stereocenters. The predicted octanol–water partition coefficient (Wildman–Crippen LogP) is 2.59. The molecule has 0 saturated carbocycles. The van der Waals surface area contributed by atoms with Crippen LogP contribution in [0.1, 0.15) is 76.9 Å². The summed E-state index contributed by atoms with van der Waals surface area (Å²) in [7, 11) is 0. The first-order valence-electron chi connectivity index (χ1n) is 17.6. The molecule has 0 unspecified atom stereocenters. The summed E-state index contributed by atoms with van der Waals surface area (Å²) in [6, 6.07) is 18.8. The predicted molar refractivity (Wildman–Crippen MR) is 193 cm³/mol. The first kappa shape index (κ1) is 36.9. The zero-order valence-corrected chi connectivity index (χ0v) is 29.1. The fourth-order valence-electron chi connectivity index (χ4n) is 6.53. The van der Waals surface area contributed by atoms with Crippen LogP contribution in [-0.2, 0) is 25.6 Å². The largest absolute Gasteiger partial charge is 0.384 e. The lowest BCUT2D eigenvalue weighted by atomic mass is 9.83. The zero-order chi connectivity index (χ0) is 36.5. The number of hydrogen-bond donors (Lipinski definition) is 5. The highest BCUT2D eigenvalue weighted by Gasteiger charge is 2.38. The van der Waals surface area contributed by atoms with Crippen LogP contribution < -0.4 is 27.0 Å². The van der Waals surface area contributed by atoms with Crippen LogP contribution in [0.2, 0.25) is 0 Å². The molecule has 4 amide bonds. The van der Waals surface area contributed by atoms with Gasteiger partial charge in [0.2, 0.25) is 23.6 Å². The number of fused-ring (bicyclic) bond motifs is 2. The highest BCUT2D eigenvalue weighted by atomic mass is 16.2. The molecule has 1 heterocycles. The van der Waals surface area contributed by atoms with Crippen LogP contribution in [0, 0.1) is 5.92 Å². The van der Waals surface area contributed by atoms with Crippen molar-refractivity contribution in [2.45, 2.75) is 64.1 Å². The van der Waals surface area contributed by atoms with Gasteiger partial charge < -0.3 is 31.9 Å². The van der Waals surface area contributed by atoms with Crippen molar-refractivity contribution in [1.29, 1.82) is 0 Å². The van der Waals surface area contributed by atoms with Crippen LogP contribution >= 0.6 is 0 Å². The Labute approximate surface area is 297 Å². The van der Waals surface area contributed by atoms with Crippen LogP contribution in [0.25, 0.3) is 0 Å². The quantitative estimate of drug-likeness (QED) is 0.118. The maximum absolute atomic E-state index is 13.9. The van der Waals surface area contributed by atoms with Crippen LogP contribution in [0.5, 0.6) is 0 Å². The average molecular weight is 695 g/mol. The molecule has 1 saturated heterocycles. The minimum Gasteiger partial charge on any atom is -0.384 e. The molecule has 3 aromatic rings. The number of amides is 4. The van der Waals surface area contributed by atoms with Crippen LogP contribution in [0.3, 0.4) is 0 Å². The molecule has 12 nitrogen and oxygen atoms in total. The monoisotopic (exact) mass is 694 g/mol. The molecular weight excluding hydrogens is 648 g/mol. The molecule has 268 valence electrons. The van der Waals surface area contributed by atoms with Crippen molar-refractivity contribution in [3.8, 4) is 0 Å². The maximum Gasteiger partial charge on any atom is 0.246 e. The Morgan fingerprint density at radius 1 is 0.863 bits per heavy atom. The Bertz CT molecular complexity index is 1780. The lowest BCUT2D eigenvalue weighted by Gasteiger charge is -2.29. The van der Waals surface area contributed by atoms with Gasteiger partial charge in [0.05, 0.1) is 18.2 Å². The standard InChI is InChI=1S/C39H46N6O6/c1-3-24(2)34(40)38(50)43-23-32(46)44-30(22-25-12-5-4-6-13-25)39(51)45-21-10-18-31(45)37(49)42-20-11-19-41-29-17-9-16-28-33(29)36(48)27-15-8-7-14-26(27)35(28)47/h4-9,12-17,24,30-31,34,41H,3,10-11,18-23,40H2,1-2H3,(H,42,49)(H,43,50)(H,44,46)/t24-,30-,31-,34-/m0/s1. The van der Waals surface area contributed by atoms with Crippen molar-refractivity contribution in [1.82, 2.24) is 20.9 Å². The highest BCUT2D eigenvalue weighted by Crippen LogP contribution is 2.32. The fourth-order valence-corrected chi connectivity index (χ4v) is 6.53. The topological polar surface area (TPSA) is 180 Å². The van der Waals surface area contributed by atoms with E-state index in [4.69, 9.17) is 5.73 Å². The van der Waals surface area contributed by atoms with E-state index in [0.29, 0.717) is 73.3 Å². The van der Waals surface area contributed by atoms with Crippen molar-refractivity contribution in [2.75, 3.05) is 31.5 Å². The summed E-state index contributed by atoms with van der Waals surface area (Å²) >= 11 is 0. The van der Waals surface area contributed by atoms with Gasteiger partial charge in [-0.2, -0.15) is 0 Å². The number of nitrogens with one attached hydrogen (secondary N) is 4. The average Bonchev–Trinajstić information content (AvgIpc) is 3.65. The number of carbonyl (C=O) groups is 6. The molecule has 1 aliphatic heterocycles. The number of ketones is 2. The molecular formula is C39H46N6O6. The minimum absolute atomic E-state index is 0.0551. The van der Waals surface area contributed by atoms with Gasteiger partial charge in [-0.15, -0.1) is 0 Å². The number of hydrogen-bond acceptors (Lipinski definition) is 8. The second-order valence-corrected chi connectivity index (χ2v) is 13.1. The van der Waals surface area contributed by atoms with Crippen LogP contribution in [-0.4, -0.2) is 84.4 Å². The lowest BCUT2D eigenvalue weighted by molar-refractivity contribution is -0.141. The van der Waals surface area contributed by atoms with Gasteiger partial charge >= 0.3 is 0 Å². The Morgan fingerprint density at radius 2 is 1.55 bits per heavy atom. The number of likely N-dealkylation sites (tertiary alicyclic amines) is 1. The molecule has 2 aliphatic rings. The summed E-state index contributed by atoms with van der Waals surface area (Å²) in [5.41, 5.74) is 8.87. The third kappa shape index (κ3) is 8.69. The van der Waals surface area contributed by atoms with E-state index >= 15 is 0 Å². The number of rotatable bonds is 15. The minimum atomic E-state index is -0.948. The van der Waals surface area contributed by atoms with E-state index < -0.39 is 29.9 Å². The molecule has 6 N–H and O–H groups in total. The van der Waals surface area contributed by atoms with Crippen molar-refractivity contribution in [3.63, 3.8) is 0 Å². The summed E-state index contributed by atoms with van der Waals surface area (Å²) < 4.78 is 0. The third-order valence-electron chi connectivity index (χ3n) is 9.66. The van der Waals surface area contributed by atoms with E-state index in [0.717, 1.165) is 5.56 Å². The number of carbonyl (C=O) groups excluding carboxylic acids is 6. The SMILES string of the molecule is CC[C@H](C)[C@H](N)C(=O)NCC(=O)N[C@@H](Cc1ccccc1)C(=O)N1CCC[C@H]1C(=O)NCCCNc1cccc2c1C(=O)c1ccccc1C2=O. The lowest BCUT2D eigenvalue weighted by Crippen LogP contribution is -2.56. The third-order valence-corrected chi connectivity index (χ3v) is 9.66. The number of nitrogens with two attached hydrogens (primary N) is 1. The summed E-state index contributed by atoms with van der Waals surface area (Å²) in [4.78, 5) is 80.5. The van der Waals surface area contributed by atoms with Gasteiger partial charge in [0.1, 0.15) is 12.1 Å². The van der Waals surface area contributed by atoms with Crippen LogP contribution in [0.15, 0.2) is 72.8 Å². The van der Waals surface area contributed by atoms with Crippen molar-refractivity contribution < 1.29 is 28.8 Å². The molecule has 0 bridgehead atoms. The molecule has 1 fully saturated rings. The number of anilines is 1. The van der Waals surface area contributed by atoms with Gasteiger partial charge in [-0.3, -0.25) is 28.8 Å². The zero-order valence-electron chi connectivity index (χ0n) is 29.1. The smallest absolute Gasteiger partial charge is 0.246 e. The maximum atomic E-state index is 13.9. The first-order valence-corrected chi connectivity index (χ1v) is 17.6. The van der Waals surface area contributed by atoms with Gasteiger partial charge in [-0.25, -0.2) is 0 Å². The summed E-state index contributed by atoms with van der Waals surface area (Å²) in [6.07, 6.45) is 2.57. The normalized spacial score (nSPS) is 16.7. The second kappa shape index (κ2) is 17.0.